The van der Waals surface area contributed by atoms with Gasteiger partial charge in [0.05, 0.1) is 12.7 Å². The van der Waals surface area contributed by atoms with Crippen LogP contribution in [0.2, 0.25) is 0 Å². The van der Waals surface area contributed by atoms with Crippen molar-refractivity contribution in [3.8, 4) is 17.2 Å². The third-order valence-electron chi connectivity index (χ3n) is 3.12. The summed E-state index contributed by atoms with van der Waals surface area (Å²) in [6, 6.07) is 9.06. The highest BCUT2D eigenvalue weighted by Crippen LogP contribution is 2.32. The predicted molar refractivity (Wildman–Crippen MR) is 87.7 cm³/mol. The number of nitrogen functional groups attached to an aromatic ring is 1. The van der Waals surface area contributed by atoms with Gasteiger partial charge in [0.1, 0.15) is 23.1 Å². The molecule has 0 unspecified atom stereocenters. The van der Waals surface area contributed by atoms with Crippen LogP contribution in [0.1, 0.15) is 16.7 Å². The van der Waals surface area contributed by atoms with E-state index in [-0.39, 0.29) is 5.84 Å². The van der Waals surface area contributed by atoms with E-state index in [1.807, 2.05) is 26.0 Å². The zero-order valence-electron chi connectivity index (χ0n) is 12.2. The largest absolute Gasteiger partial charge is 0.497 e. The van der Waals surface area contributed by atoms with Crippen LogP contribution in [0.4, 0.5) is 0 Å². The molecule has 0 aliphatic rings. The van der Waals surface area contributed by atoms with Gasteiger partial charge in [-0.15, -0.1) is 0 Å². The van der Waals surface area contributed by atoms with Crippen LogP contribution in [0, 0.1) is 19.3 Å². The second-order valence-corrected chi connectivity index (χ2v) is 5.54. The van der Waals surface area contributed by atoms with Gasteiger partial charge in [-0.3, -0.25) is 5.41 Å². The van der Waals surface area contributed by atoms with Crippen LogP contribution < -0.4 is 15.2 Å². The molecule has 4 nitrogen and oxygen atoms in total. The molecule has 2 aromatic rings. The predicted octanol–water partition coefficient (Wildman–Crippen LogP) is 4.15. The molecule has 0 amide bonds. The molecule has 5 heteroatoms. The molecular formula is C16H17BrN2O2. The number of hydrogen-bond acceptors (Lipinski definition) is 3. The van der Waals surface area contributed by atoms with Crippen LogP contribution in [0.3, 0.4) is 0 Å². The molecule has 3 N–H and O–H groups in total. The zero-order chi connectivity index (χ0) is 15.6. The summed E-state index contributed by atoms with van der Waals surface area (Å²) >= 11 is 3.53. The molecule has 0 aromatic heterocycles. The number of rotatable bonds is 4. The SMILES string of the molecule is COc1ccc(C(=N)N)c(Oc2cc(C)c(Br)c(C)c2)c1. The second-order valence-electron chi connectivity index (χ2n) is 4.75. The Balaban J connectivity index is 2.45. The van der Waals surface area contributed by atoms with Gasteiger partial charge in [0.2, 0.25) is 0 Å². The maximum atomic E-state index is 7.64. The molecule has 0 saturated heterocycles. The summed E-state index contributed by atoms with van der Waals surface area (Å²) in [4.78, 5) is 0. The molecule has 2 rings (SSSR count). The molecule has 0 aliphatic heterocycles. The number of ether oxygens (including phenoxy) is 2. The minimum absolute atomic E-state index is 0.0433. The Kier molecular flexibility index (Phi) is 4.53. The molecule has 2 aromatic carbocycles. The molecule has 0 radical (unpaired) electrons. The minimum Gasteiger partial charge on any atom is -0.497 e. The Morgan fingerprint density at radius 3 is 2.24 bits per heavy atom. The average molecular weight is 349 g/mol. The quantitative estimate of drug-likeness (QED) is 0.644. The fourth-order valence-corrected chi connectivity index (χ4v) is 2.26. The van der Waals surface area contributed by atoms with Gasteiger partial charge in [-0.25, -0.2) is 0 Å². The van der Waals surface area contributed by atoms with Gasteiger partial charge in [0.15, 0.2) is 0 Å². The maximum absolute atomic E-state index is 7.64. The summed E-state index contributed by atoms with van der Waals surface area (Å²) in [5.74, 6) is 1.81. The van der Waals surface area contributed by atoms with Crippen molar-refractivity contribution in [3.05, 3.63) is 51.5 Å². The van der Waals surface area contributed by atoms with Gasteiger partial charge in [-0.2, -0.15) is 0 Å². The topological polar surface area (TPSA) is 68.3 Å². The molecule has 0 fully saturated rings. The van der Waals surface area contributed by atoms with E-state index in [9.17, 15) is 0 Å². The summed E-state index contributed by atoms with van der Waals surface area (Å²) in [7, 11) is 1.58. The molecule has 110 valence electrons. The van der Waals surface area contributed by atoms with Crippen molar-refractivity contribution >= 4 is 21.8 Å². The third-order valence-corrected chi connectivity index (χ3v) is 4.37. The number of halogens is 1. The standard InChI is InChI=1S/C16H17BrN2O2/c1-9-6-12(7-10(2)15(9)17)21-14-8-11(20-3)4-5-13(14)16(18)19/h4-8H,1-3H3,(H3,18,19). The number of amidine groups is 1. The molecule has 0 bridgehead atoms. The lowest BCUT2D eigenvalue weighted by atomic mass is 10.1. The van der Waals surface area contributed by atoms with Gasteiger partial charge in [-0.05, 0) is 49.2 Å². The lowest BCUT2D eigenvalue weighted by Crippen LogP contribution is -2.12. The zero-order valence-corrected chi connectivity index (χ0v) is 13.7. The van der Waals surface area contributed by atoms with E-state index in [1.54, 1.807) is 25.3 Å². The van der Waals surface area contributed by atoms with Crippen molar-refractivity contribution < 1.29 is 9.47 Å². The van der Waals surface area contributed by atoms with E-state index in [2.05, 4.69) is 15.9 Å². The van der Waals surface area contributed by atoms with Crippen molar-refractivity contribution in [2.45, 2.75) is 13.8 Å². The molecule has 0 spiro atoms. The van der Waals surface area contributed by atoms with E-state index in [0.29, 0.717) is 22.8 Å². The van der Waals surface area contributed by atoms with E-state index in [0.717, 1.165) is 15.6 Å². The second kappa shape index (κ2) is 6.18. The fourth-order valence-electron chi connectivity index (χ4n) is 2.03. The van der Waals surface area contributed by atoms with E-state index in [1.165, 1.54) is 0 Å². The van der Waals surface area contributed by atoms with E-state index >= 15 is 0 Å². The summed E-state index contributed by atoms with van der Waals surface area (Å²) in [6.07, 6.45) is 0. The van der Waals surface area contributed by atoms with Crippen molar-refractivity contribution in [2.24, 2.45) is 5.73 Å². The minimum atomic E-state index is -0.0433. The van der Waals surface area contributed by atoms with Crippen LogP contribution in [0.5, 0.6) is 17.2 Å². The molecule has 0 saturated carbocycles. The van der Waals surface area contributed by atoms with Crippen LogP contribution in [0.15, 0.2) is 34.8 Å². The van der Waals surface area contributed by atoms with Crippen LogP contribution in [0.25, 0.3) is 0 Å². The Morgan fingerprint density at radius 2 is 1.71 bits per heavy atom. The van der Waals surface area contributed by atoms with Crippen LogP contribution >= 0.6 is 15.9 Å². The normalized spacial score (nSPS) is 10.3. The molecular weight excluding hydrogens is 332 g/mol. The lowest BCUT2D eigenvalue weighted by Gasteiger charge is -2.13. The first-order chi connectivity index (χ1) is 9.92. The van der Waals surface area contributed by atoms with Crippen molar-refractivity contribution in [2.75, 3.05) is 7.11 Å². The van der Waals surface area contributed by atoms with Crippen LogP contribution in [-0.2, 0) is 0 Å². The van der Waals surface area contributed by atoms with Crippen molar-refractivity contribution in [3.63, 3.8) is 0 Å². The van der Waals surface area contributed by atoms with Gasteiger partial charge in [0, 0.05) is 10.5 Å². The molecule has 21 heavy (non-hydrogen) atoms. The Hall–Kier alpha value is -2.01. The first-order valence-electron chi connectivity index (χ1n) is 6.39. The van der Waals surface area contributed by atoms with E-state index in [4.69, 9.17) is 20.6 Å². The van der Waals surface area contributed by atoms with Crippen molar-refractivity contribution in [1.29, 1.82) is 5.41 Å². The van der Waals surface area contributed by atoms with Crippen molar-refractivity contribution in [1.82, 2.24) is 0 Å². The van der Waals surface area contributed by atoms with Crippen LogP contribution in [-0.4, -0.2) is 12.9 Å². The number of nitrogens with two attached hydrogens (primary N) is 1. The number of hydrogen-bond donors (Lipinski definition) is 2. The number of benzene rings is 2. The molecule has 0 aliphatic carbocycles. The van der Waals surface area contributed by atoms with Gasteiger partial charge < -0.3 is 15.2 Å². The highest BCUT2D eigenvalue weighted by Gasteiger charge is 2.11. The summed E-state index contributed by atoms with van der Waals surface area (Å²) in [5.41, 5.74) is 8.30. The first-order valence-corrected chi connectivity index (χ1v) is 7.18. The number of nitrogens with one attached hydrogen (secondary N) is 1. The van der Waals surface area contributed by atoms with Gasteiger partial charge >= 0.3 is 0 Å². The smallest absolute Gasteiger partial charge is 0.142 e. The molecule has 0 heterocycles. The Labute approximate surface area is 132 Å². The van der Waals surface area contributed by atoms with E-state index < -0.39 is 0 Å². The molecule has 0 atom stereocenters. The van der Waals surface area contributed by atoms with Gasteiger partial charge in [-0.1, -0.05) is 15.9 Å². The highest BCUT2D eigenvalue weighted by atomic mass is 79.9. The first kappa shape index (κ1) is 15.4. The fraction of sp³-hybridized carbons (Fsp3) is 0.188. The third kappa shape index (κ3) is 3.36. The Bertz CT molecular complexity index is 676. The summed E-state index contributed by atoms with van der Waals surface area (Å²) < 4.78 is 12.2. The number of aryl methyl sites for hydroxylation is 2. The average Bonchev–Trinajstić information content (AvgIpc) is 2.44. The highest BCUT2D eigenvalue weighted by molar-refractivity contribution is 9.10. The lowest BCUT2D eigenvalue weighted by molar-refractivity contribution is 0.409. The Morgan fingerprint density at radius 1 is 1.10 bits per heavy atom. The summed E-state index contributed by atoms with van der Waals surface area (Å²) in [5, 5.41) is 7.64. The maximum Gasteiger partial charge on any atom is 0.142 e. The van der Waals surface area contributed by atoms with Gasteiger partial charge in [0.25, 0.3) is 0 Å². The number of methoxy groups -OCH3 is 1. The summed E-state index contributed by atoms with van der Waals surface area (Å²) in [6.45, 7) is 4.00. The monoisotopic (exact) mass is 348 g/mol.